The summed E-state index contributed by atoms with van der Waals surface area (Å²) in [4.78, 5) is 0. The topological polar surface area (TPSA) is 21.3 Å². The lowest BCUT2D eigenvalue weighted by Gasteiger charge is -2.21. The predicted octanol–water partition coefficient (Wildman–Crippen LogP) is 3.72. The lowest BCUT2D eigenvalue weighted by atomic mass is 9.87. The smallest absolute Gasteiger partial charge is 0.122 e. The molecule has 1 aromatic carbocycles. The minimum atomic E-state index is 0.544. The van der Waals surface area contributed by atoms with Crippen molar-refractivity contribution < 1.29 is 4.74 Å². The number of hydrogen-bond acceptors (Lipinski definition) is 2. The number of fused-ring (bicyclic) bond motifs is 1. The Labute approximate surface area is 116 Å². The average molecular weight is 259 g/mol. The van der Waals surface area contributed by atoms with Crippen LogP contribution in [0.25, 0.3) is 0 Å². The Balaban J connectivity index is 1.39. The van der Waals surface area contributed by atoms with Gasteiger partial charge in [0.15, 0.2) is 0 Å². The maximum Gasteiger partial charge on any atom is 0.122 e. The van der Waals surface area contributed by atoms with Gasteiger partial charge < -0.3 is 10.1 Å². The van der Waals surface area contributed by atoms with Crippen molar-refractivity contribution in [1.29, 1.82) is 0 Å². The number of para-hydroxylation sites is 1. The largest absolute Gasteiger partial charge is 0.493 e. The SMILES string of the molecule is c1ccc2c(c1)OCC2CNCCC1CCCCC1. The molecule has 2 nitrogen and oxygen atoms in total. The van der Waals surface area contributed by atoms with E-state index in [9.17, 15) is 0 Å². The Kier molecular flexibility index (Phi) is 4.39. The van der Waals surface area contributed by atoms with Crippen molar-refractivity contribution in [3.8, 4) is 5.75 Å². The van der Waals surface area contributed by atoms with E-state index in [2.05, 4.69) is 29.6 Å². The van der Waals surface area contributed by atoms with Gasteiger partial charge in [-0.15, -0.1) is 0 Å². The van der Waals surface area contributed by atoms with Crippen LogP contribution in [0.5, 0.6) is 5.75 Å². The highest BCUT2D eigenvalue weighted by Gasteiger charge is 2.23. The number of benzene rings is 1. The summed E-state index contributed by atoms with van der Waals surface area (Å²) in [7, 11) is 0. The van der Waals surface area contributed by atoms with Gasteiger partial charge in [0.1, 0.15) is 5.75 Å². The molecule has 0 aromatic heterocycles. The molecule has 2 aliphatic rings. The fraction of sp³-hybridized carbons (Fsp3) is 0.647. The first-order valence-corrected chi connectivity index (χ1v) is 7.86. The van der Waals surface area contributed by atoms with E-state index in [1.165, 1.54) is 50.6 Å². The molecule has 2 heteroatoms. The molecule has 1 atom stereocenters. The molecule has 1 aromatic rings. The van der Waals surface area contributed by atoms with E-state index in [0.717, 1.165) is 24.8 Å². The molecular formula is C17H25NO. The van der Waals surface area contributed by atoms with E-state index in [-0.39, 0.29) is 0 Å². The summed E-state index contributed by atoms with van der Waals surface area (Å²) < 4.78 is 5.72. The zero-order valence-electron chi connectivity index (χ0n) is 11.7. The molecule has 0 saturated heterocycles. The van der Waals surface area contributed by atoms with E-state index in [0.29, 0.717) is 5.92 Å². The fourth-order valence-corrected chi connectivity index (χ4v) is 3.46. The number of ether oxygens (including phenoxy) is 1. The quantitative estimate of drug-likeness (QED) is 0.814. The van der Waals surface area contributed by atoms with Crippen LogP contribution in [0.15, 0.2) is 24.3 Å². The van der Waals surface area contributed by atoms with Crippen molar-refractivity contribution in [3.63, 3.8) is 0 Å². The summed E-state index contributed by atoms with van der Waals surface area (Å²) in [5.74, 6) is 2.61. The number of nitrogens with one attached hydrogen (secondary N) is 1. The zero-order valence-corrected chi connectivity index (χ0v) is 11.7. The first-order valence-electron chi connectivity index (χ1n) is 7.86. The maximum absolute atomic E-state index is 5.72. The van der Waals surface area contributed by atoms with E-state index >= 15 is 0 Å². The normalized spacial score (nSPS) is 23.1. The predicted molar refractivity (Wildman–Crippen MR) is 78.7 cm³/mol. The highest BCUT2D eigenvalue weighted by Crippen LogP contribution is 2.33. The van der Waals surface area contributed by atoms with Gasteiger partial charge in [0.2, 0.25) is 0 Å². The summed E-state index contributed by atoms with van der Waals surface area (Å²) in [6, 6.07) is 8.45. The lowest BCUT2D eigenvalue weighted by Crippen LogP contribution is -2.25. The Bertz CT molecular complexity index is 398. The Morgan fingerprint density at radius 2 is 1.95 bits per heavy atom. The van der Waals surface area contributed by atoms with Gasteiger partial charge in [-0.25, -0.2) is 0 Å². The molecule has 3 rings (SSSR count). The highest BCUT2D eigenvalue weighted by atomic mass is 16.5. The van der Waals surface area contributed by atoms with Crippen LogP contribution in [-0.4, -0.2) is 19.7 Å². The van der Waals surface area contributed by atoms with Gasteiger partial charge in [-0.3, -0.25) is 0 Å². The average Bonchev–Trinajstić information content (AvgIpc) is 2.88. The second kappa shape index (κ2) is 6.42. The van der Waals surface area contributed by atoms with Gasteiger partial charge in [0.25, 0.3) is 0 Å². The molecule has 1 fully saturated rings. The van der Waals surface area contributed by atoms with E-state index in [4.69, 9.17) is 4.74 Å². The summed E-state index contributed by atoms with van der Waals surface area (Å²) in [5, 5.41) is 3.64. The van der Waals surface area contributed by atoms with Crippen molar-refractivity contribution in [2.24, 2.45) is 5.92 Å². The van der Waals surface area contributed by atoms with E-state index < -0.39 is 0 Å². The molecule has 0 bridgehead atoms. The van der Waals surface area contributed by atoms with Gasteiger partial charge in [0, 0.05) is 18.0 Å². The van der Waals surface area contributed by atoms with Gasteiger partial charge in [-0.2, -0.15) is 0 Å². The van der Waals surface area contributed by atoms with Crippen LogP contribution < -0.4 is 10.1 Å². The molecule has 1 unspecified atom stereocenters. The maximum atomic E-state index is 5.72. The van der Waals surface area contributed by atoms with Crippen LogP contribution in [-0.2, 0) is 0 Å². The molecule has 1 heterocycles. The summed E-state index contributed by atoms with van der Waals surface area (Å²) in [6.45, 7) is 3.07. The molecule has 1 aliphatic heterocycles. The first kappa shape index (κ1) is 13.0. The third kappa shape index (κ3) is 3.30. The van der Waals surface area contributed by atoms with Crippen LogP contribution >= 0.6 is 0 Å². The zero-order chi connectivity index (χ0) is 12.9. The molecule has 0 amide bonds. The van der Waals surface area contributed by atoms with Crippen molar-refractivity contribution in [2.75, 3.05) is 19.7 Å². The highest BCUT2D eigenvalue weighted by molar-refractivity contribution is 5.39. The molecule has 0 radical (unpaired) electrons. The van der Waals surface area contributed by atoms with Gasteiger partial charge in [-0.05, 0) is 24.9 Å². The first-order chi connectivity index (χ1) is 9.43. The molecule has 0 spiro atoms. The standard InChI is InChI=1S/C17H25NO/c1-2-6-14(7-3-1)10-11-18-12-15-13-19-17-9-5-4-8-16(15)17/h4-5,8-9,14-15,18H,1-3,6-7,10-13H2. The Hall–Kier alpha value is -1.02. The summed E-state index contributed by atoms with van der Waals surface area (Å²) in [6.07, 6.45) is 8.63. The van der Waals surface area contributed by atoms with Gasteiger partial charge in [-0.1, -0.05) is 50.3 Å². The van der Waals surface area contributed by atoms with Crippen LogP contribution in [0.1, 0.15) is 50.0 Å². The fourth-order valence-electron chi connectivity index (χ4n) is 3.46. The van der Waals surface area contributed by atoms with Crippen molar-refractivity contribution in [2.45, 2.75) is 44.4 Å². The van der Waals surface area contributed by atoms with Gasteiger partial charge >= 0.3 is 0 Å². The molecule has 104 valence electrons. The van der Waals surface area contributed by atoms with Gasteiger partial charge in [0.05, 0.1) is 6.61 Å². The second-order valence-corrected chi connectivity index (χ2v) is 6.04. The minimum absolute atomic E-state index is 0.544. The Morgan fingerprint density at radius 1 is 1.11 bits per heavy atom. The van der Waals surface area contributed by atoms with Crippen LogP contribution in [0.3, 0.4) is 0 Å². The molecule has 1 N–H and O–H groups in total. The van der Waals surface area contributed by atoms with Crippen LogP contribution in [0, 0.1) is 5.92 Å². The molecule has 1 saturated carbocycles. The monoisotopic (exact) mass is 259 g/mol. The van der Waals surface area contributed by atoms with E-state index in [1.54, 1.807) is 0 Å². The Morgan fingerprint density at radius 3 is 2.84 bits per heavy atom. The molecular weight excluding hydrogens is 234 g/mol. The lowest BCUT2D eigenvalue weighted by molar-refractivity contribution is 0.315. The summed E-state index contributed by atoms with van der Waals surface area (Å²) in [5.41, 5.74) is 1.38. The minimum Gasteiger partial charge on any atom is -0.493 e. The molecule has 19 heavy (non-hydrogen) atoms. The second-order valence-electron chi connectivity index (χ2n) is 6.04. The van der Waals surface area contributed by atoms with Crippen molar-refractivity contribution >= 4 is 0 Å². The summed E-state index contributed by atoms with van der Waals surface area (Å²) >= 11 is 0. The van der Waals surface area contributed by atoms with Crippen molar-refractivity contribution in [1.82, 2.24) is 5.32 Å². The van der Waals surface area contributed by atoms with Crippen molar-refractivity contribution in [3.05, 3.63) is 29.8 Å². The number of hydrogen-bond donors (Lipinski definition) is 1. The number of rotatable bonds is 5. The van der Waals surface area contributed by atoms with Crippen LogP contribution in [0.4, 0.5) is 0 Å². The third-order valence-corrected chi connectivity index (χ3v) is 4.64. The van der Waals surface area contributed by atoms with E-state index in [1.807, 2.05) is 0 Å². The van der Waals surface area contributed by atoms with Crippen LogP contribution in [0.2, 0.25) is 0 Å². The third-order valence-electron chi connectivity index (χ3n) is 4.64. The molecule has 1 aliphatic carbocycles.